The Kier molecular flexibility index (Phi) is 5.30. The van der Waals surface area contributed by atoms with Gasteiger partial charge in [-0.25, -0.2) is 0 Å². The summed E-state index contributed by atoms with van der Waals surface area (Å²) in [5.74, 6) is 0. The first-order valence-electron chi connectivity index (χ1n) is 7.75. The largest absolute Gasteiger partial charge is 0.391 e. The van der Waals surface area contributed by atoms with Crippen LogP contribution in [-0.4, -0.2) is 63.7 Å². The summed E-state index contributed by atoms with van der Waals surface area (Å²) >= 11 is 0. The zero-order chi connectivity index (χ0) is 15.5. The summed E-state index contributed by atoms with van der Waals surface area (Å²) in [5, 5.41) is 10.2. The van der Waals surface area contributed by atoms with Crippen LogP contribution in [0.3, 0.4) is 0 Å². The first-order chi connectivity index (χ1) is 9.84. The molecule has 0 aromatic carbocycles. The van der Waals surface area contributed by atoms with Crippen molar-refractivity contribution in [1.82, 2.24) is 19.8 Å². The maximum absolute atomic E-state index is 10.2. The highest BCUT2D eigenvalue weighted by Crippen LogP contribution is 2.20. The van der Waals surface area contributed by atoms with Crippen molar-refractivity contribution < 1.29 is 5.11 Å². The minimum atomic E-state index is -0.271. The fourth-order valence-corrected chi connectivity index (χ4v) is 2.38. The molecular formula is C16H28N4O. The van der Waals surface area contributed by atoms with Gasteiger partial charge in [-0.15, -0.1) is 0 Å². The molecule has 1 aliphatic heterocycles. The molecule has 0 aliphatic carbocycles. The maximum Gasteiger partial charge on any atom is 0.0727 e. The third kappa shape index (κ3) is 5.02. The molecule has 1 saturated heterocycles. The van der Waals surface area contributed by atoms with Crippen LogP contribution in [0.4, 0.5) is 0 Å². The lowest BCUT2D eigenvalue weighted by molar-refractivity contribution is 0.0124. The van der Waals surface area contributed by atoms with Crippen LogP contribution in [0.5, 0.6) is 0 Å². The molecule has 0 spiro atoms. The average molecular weight is 292 g/mol. The number of piperazine rings is 1. The molecule has 118 valence electrons. The van der Waals surface area contributed by atoms with Crippen LogP contribution in [-0.2, 0) is 6.54 Å². The van der Waals surface area contributed by atoms with Crippen molar-refractivity contribution in [3.63, 3.8) is 0 Å². The summed E-state index contributed by atoms with van der Waals surface area (Å²) in [6.07, 6.45) is 3.42. The fourth-order valence-electron chi connectivity index (χ4n) is 2.38. The molecule has 1 aromatic rings. The smallest absolute Gasteiger partial charge is 0.0727 e. The third-order valence-electron chi connectivity index (χ3n) is 4.12. The highest BCUT2D eigenvalue weighted by molar-refractivity contribution is 5.00. The van der Waals surface area contributed by atoms with Gasteiger partial charge in [-0.05, 0) is 12.3 Å². The van der Waals surface area contributed by atoms with Gasteiger partial charge in [0.25, 0.3) is 0 Å². The molecule has 1 aliphatic rings. The van der Waals surface area contributed by atoms with E-state index in [1.54, 1.807) is 0 Å². The molecule has 1 unspecified atom stereocenters. The molecule has 1 N–H and O–H groups in total. The Bertz CT molecular complexity index is 433. The number of aliphatic hydroxyl groups excluding tert-OH is 1. The van der Waals surface area contributed by atoms with E-state index in [4.69, 9.17) is 0 Å². The lowest BCUT2D eigenvalue weighted by Gasteiger charge is -2.37. The molecule has 0 saturated carbocycles. The average Bonchev–Trinajstić information content (AvgIpc) is 2.42. The Balaban J connectivity index is 1.77. The van der Waals surface area contributed by atoms with Crippen LogP contribution in [0.1, 0.15) is 32.2 Å². The van der Waals surface area contributed by atoms with Crippen LogP contribution in [0.15, 0.2) is 12.4 Å². The summed E-state index contributed by atoms with van der Waals surface area (Å²) in [4.78, 5) is 13.5. The molecule has 0 radical (unpaired) electrons. The summed E-state index contributed by atoms with van der Waals surface area (Å²) in [5.41, 5.74) is 1.94. The van der Waals surface area contributed by atoms with Gasteiger partial charge in [-0.3, -0.25) is 19.8 Å². The van der Waals surface area contributed by atoms with E-state index in [2.05, 4.69) is 40.5 Å². The number of aliphatic hydroxyl groups is 1. The second-order valence-corrected chi connectivity index (χ2v) is 7.11. The summed E-state index contributed by atoms with van der Waals surface area (Å²) in [6, 6.07) is 0. The molecule has 0 bridgehead atoms. The Morgan fingerprint density at radius 1 is 1.10 bits per heavy atom. The maximum atomic E-state index is 10.2. The van der Waals surface area contributed by atoms with Gasteiger partial charge in [0.2, 0.25) is 0 Å². The normalized spacial score (nSPS) is 19.7. The van der Waals surface area contributed by atoms with Crippen molar-refractivity contribution in [3.05, 3.63) is 23.8 Å². The van der Waals surface area contributed by atoms with Crippen molar-refractivity contribution in [2.75, 3.05) is 32.7 Å². The molecule has 21 heavy (non-hydrogen) atoms. The monoisotopic (exact) mass is 292 g/mol. The van der Waals surface area contributed by atoms with Crippen molar-refractivity contribution in [2.45, 2.75) is 40.3 Å². The van der Waals surface area contributed by atoms with Crippen molar-refractivity contribution in [3.8, 4) is 0 Å². The van der Waals surface area contributed by atoms with E-state index >= 15 is 0 Å². The molecule has 0 amide bonds. The minimum absolute atomic E-state index is 0.0470. The predicted molar refractivity (Wildman–Crippen MR) is 83.9 cm³/mol. The van der Waals surface area contributed by atoms with E-state index in [-0.39, 0.29) is 11.5 Å². The van der Waals surface area contributed by atoms with Gasteiger partial charge in [0.05, 0.1) is 17.5 Å². The van der Waals surface area contributed by atoms with Crippen molar-refractivity contribution in [2.24, 2.45) is 5.41 Å². The Morgan fingerprint density at radius 2 is 1.71 bits per heavy atom. The summed E-state index contributed by atoms with van der Waals surface area (Å²) in [6.45, 7) is 13.9. The SMILES string of the molecule is Cc1cnc(CN2CCN(CC(O)C(C)(C)C)CC2)cn1. The number of hydrogen-bond donors (Lipinski definition) is 1. The van der Waals surface area contributed by atoms with E-state index in [0.717, 1.165) is 50.7 Å². The molecule has 5 nitrogen and oxygen atoms in total. The van der Waals surface area contributed by atoms with Crippen LogP contribution < -0.4 is 0 Å². The van der Waals surface area contributed by atoms with Gasteiger partial charge in [-0.1, -0.05) is 20.8 Å². The first kappa shape index (κ1) is 16.3. The van der Waals surface area contributed by atoms with Crippen LogP contribution in [0, 0.1) is 12.3 Å². The number of rotatable bonds is 4. The summed E-state index contributed by atoms with van der Waals surface area (Å²) in [7, 11) is 0. The van der Waals surface area contributed by atoms with Gasteiger partial charge in [0, 0.05) is 51.7 Å². The van der Waals surface area contributed by atoms with Crippen LogP contribution in [0.2, 0.25) is 0 Å². The zero-order valence-corrected chi connectivity index (χ0v) is 13.7. The van der Waals surface area contributed by atoms with Crippen LogP contribution in [0.25, 0.3) is 0 Å². The molecule has 1 fully saturated rings. The molecule has 2 heterocycles. The molecule has 1 aromatic heterocycles. The van der Waals surface area contributed by atoms with E-state index in [1.165, 1.54) is 0 Å². The van der Waals surface area contributed by atoms with E-state index in [1.807, 2.05) is 19.3 Å². The summed E-state index contributed by atoms with van der Waals surface area (Å²) < 4.78 is 0. The number of nitrogens with zero attached hydrogens (tertiary/aromatic N) is 4. The van der Waals surface area contributed by atoms with Crippen LogP contribution >= 0.6 is 0 Å². The van der Waals surface area contributed by atoms with E-state index in [0.29, 0.717) is 0 Å². The first-order valence-corrected chi connectivity index (χ1v) is 7.75. The quantitative estimate of drug-likeness (QED) is 0.907. The van der Waals surface area contributed by atoms with Crippen molar-refractivity contribution in [1.29, 1.82) is 0 Å². The Morgan fingerprint density at radius 3 is 2.24 bits per heavy atom. The van der Waals surface area contributed by atoms with Gasteiger partial charge in [-0.2, -0.15) is 0 Å². The van der Waals surface area contributed by atoms with Gasteiger partial charge < -0.3 is 5.11 Å². The number of aryl methyl sites for hydroxylation is 1. The predicted octanol–water partition coefficient (Wildman–Crippen LogP) is 1.31. The molecule has 2 rings (SSSR count). The fraction of sp³-hybridized carbons (Fsp3) is 0.750. The number of hydrogen-bond acceptors (Lipinski definition) is 5. The van der Waals surface area contributed by atoms with Gasteiger partial charge in [0.15, 0.2) is 0 Å². The van der Waals surface area contributed by atoms with E-state index < -0.39 is 0 Å². The third-order valence-corrected chi connectivity index (χ3v) is 4.12. The number of β-amino-alcohol motifs (C(OH)–C–C–N with tert-alkyl or cyclic N) is 1. The molecule has 1 atom stereocenters. The Labute approximate surface area is 128 Å². The highest BCUT2D eigenvalue weighted by atomic mass is 16.3. The minimum Gasteiger partial charge on any atom is -0.391 e. The lowest BCUT2D eigenvalue weighted by atomic mass is 9.89. The second-order valence-electron chi connectivity index (χ2n) is 7.11. The molecule has 5 heteroatoms. The number of aromatic nitrogens is 2. The van der Waals surface area contributed by atoms with Gasteiger partial charge in [0.1, 0.15) is 0 Å². The highest BCUT2D eigenvalue weighted by Gasteiger charge is 2.26. The Hall–Kier alpha value is -1.04. The molecular weight excluding hydrogens is 264 g/mol. The topological polar surface area (TPSA) is 52.5 Å². The second kappa shape index (κ2) is 6.81. The van der Waals surface area contributed by atoms with Gasteiger partial charge >= 0.3 is 0 Å². The zero-order valence-electron chi connectivity index (χ0n) is 13.7. The standard InChI is InChI=1S/C16H28N4O/c1-13-9-18-14(10-17-13)11-19-5-7-20(8-6-19)12-15(21)16(2,3)4/h9-10,15,21H,5-8,11-12H2,1-4H3. The lowest BCUT2D eigenvalue weighted by Crippen LogP contribution is -2.49. The van der Waals surface area contributed by atoms with E-state index in [9.17, 15) is 5.11 Å². The van der Waals surface area contributed by atoms with Crippen molar-refractivity contribution >= 4 is 0 Å².